The van der Waals surface area contributed by atoms with Gasteiger partial charge < -0.3 is 14.9 Å². The number of rotatable bonds is 7. The van der Waals surface area contributed by atoms with Crippen LogP contribution in [0, 0.1) is 20.8 Å². The Morgan fingerprint density at radius 1 is 1.07 bits per heavy atom. The Kier molecular flexibility index (Phi) is 6.78. The fourth-order valence-corrected chi connectivity index (χ4v) is 4.93. The summed E-state index contributed by atoms with van der Waals surface area (Å²) in [6.45, 7) is 13.0. The maximum absolute atomic E-state index is 13.1. The molecule has 0 aliphatic carbocycles. The first-order chi connectivity index (χ1) is 14.3. The molecule has 3 rings (SSSR count). The molecule has 0 bridgehead atoms. The molecular formula is C24H30N2O3S. The number of amides is 1. The number of aliphatic hydroxyl groups excluding tert-OH is 1. The van der Waals surface area contributed by atoms with E-state index in [1.54, 1.807) is 11.0 Å². The summed E-state index contributed by atoms with van der Waals surface area (Å²) in [6, 6.07) is 7.03. The lowest BCUT2D eigenvalue weighted by molar-refractivity contribution is -0.140. The number of aliphatic hydroxyl groups is 1. The van der Waals surface area contributed by atoms with Crippen LogP contribution in [-0.2, 0) is 9.59 Å². The lowest BCUT2D eigenvalue weighted by atomic mass is 9.96. The predicted octanol–water partition coefficient (Wildman–Crippen LogP) is 4.44. The van der Waals surface area contributed by atoms with Crippen LogP contribution in [-0.4, -0.2) is 52.8 Å². The van der Waals surface area contributed by atoms with Crippen LogP contribution in [0.2, 0.25) is 0 Å². The number of hydrogen-bond acceptors (Lipinski definition) is 5. The monoisotopic (exact) mass is 426 g/mol. The Bertz CT molecular complexity index is 988. The average molecular weight is 427 g/mol. The fourth-order valence-electron chi connectivity index (χ4n) is 3.88. The van der Waals surface area contributed by atoms with Crippen molar-refractivity contribution in [3.63, 3.8) is 0 Å². The van der Waals surface area contributed by atoms with Crippen LogP contribution in [0.1, 0.15) is 47.0 Å². The standard InChI is InChI=1S/C24H30N2O3S/c1-6-25(7-2)11-12-26-20(23-16(4)10-13-30-23)19(22(28)24(26)29)21(27)18-9-8-15(3)17(5)14-18/h8-10,13-14,20,27H,6-7,11-12H2,1-5H3/b21-19-. The average Bonchev–Trinajstić information content (AvgIpc) is 3.25. The third-order valence-corrected chi connectivity index (χ3v) is 7.09. The number of hydrogen-bond donors (Lipinski definition) is 1. The van der Waals surface area contributed by atoms with Crippen molar-refractivity contribution in [2.24, 2.45) is 0 Å². The molecule has 1 atom stereocenters. The van der Waals surface area contributed by atoms with Gasteiger partial charge in [-0.2, -0.15) is 0 Å². The summed E-state index contributed by atoms with van der Waals surface area (Å²) in [5.74, 6) is -1.24. The number of benzene rings is 1. The topological polar surface area (TPSA) is 60.9 Å². The molecule has 2 aromatic rings. The molecule has 1 aliphatic rings. The van der Waals surface area contributed by atoms with E-state index >= 15 is 0 Å². The third kappa shape index (κ3) is 4.07. The second-order valence-electron chi connectivity index (χ2n) is 7.79. The van der Waals surface area contributed by atoms with Gasteiger partial charge in [0.15, 0.2) is 0 Å². The highest BCUT2D eigenvalue weighted by Crippen LogP contribution is 2.42. The summed E-state index contributed by atoms with van der Waals surface area (Å²) in [4.78, 5) is 30.8. The largest absolute Gasteiger partial charge is 0.507 e. The summed E-state index contributed by atoms with van der Waals surface area (Å²) in [5.41, 5.74) is 3.91. The molecular weight excluding hydrogens is 396 g/mol. The predicted molar refractivity (Wildman–Crippen MR) is 122 cm³/mol. The highest BCUT2D eigenvalue weighted by molar-refractivity contribution is 7.10. The van der Waals surface area contributed by atoms with E-state index in [0.29, 0.717) is 18.7 Å². The normalized spacial score (nSPS) is 18.6. The van der Waals surface area contributed by atoms with Gasteiger partial charge in [0, 0.05) is 23.5 Å². The maximum Gasteiger partial charge on any atom is 0.295 e. The first-order valence-corrected chi connectivity index (χ1v) is 11.3. The van der Waals surface area contributed by atoms with Gasteiger partial charge in [-0.25, -0.2) is 0 Å². The molecule has 0 radical (unpaired) electrons. The number of likely N-dealkylation sites (tertiary alicyclic amines) is 1. The minimum absolute atomic E-state index is 0.0976. The molecule has 6 heteroatoms. The molecule has 160 valence electrons. The smallest absolute Gasteiger partial charge is 0.295 e. The van der Waals surface area contributed by atoms with Gasteiger partial charge in [-0.05, 0) is 68.1 Å². The summed E-state index contributed by atoms with van der Waals surface area (Å²) in [7, 11) is 0. The highest BCUT2D eigenvalue weighted by atomic mass is 32.1. The van der Waals surface area contributed by atoms with Gasteiger partial charge in [-0.15, -0.1) is 11.3 Å². The van der Waals surface area contributed by atoms with Gasteiger partial charge in [-0.1, -0.05) is 26.0 Å². The van der Waals surface area contributed by atoms with E-state index in [4.69, 9.17) is 0 Å². The van der Waals surface area contributed by atoms with Crippen molar-refractivity contribution in [1.82, 2.24) is 9.80 Å². The van der Waals surface area contributed by atoms with Crippen LogP contribution in [0.3, 0.4) is 0 Å². The summed E-state index contributed by atoms with van der Waals surface area (Å²) in [6.07, 6.45) is 0. The third-order valence-electron chi connectivity index (χ3n) is 6.02. The summed E-state index contributed by atoms with van der Waals surface area (Å²) in [5, 5.41) is 13.1. The van der Waals surface area contributed by atoms with Crippen LogP contribution in [0.5, 0.6) is 0 Å². The Hall–Kier alpha value is -2.44. The van der Waals surface area contributed by atoms with E-state index in [2.05, 4.69) is 18.7 Å². The number of likely N-dealkylation sites (N-methyl/N-ethyl adjacent to an activating group) is 1. The van der Waals surface area contributed by atoms with Crippen molar-refractivity contribution in [2.45, 2.75) is 40.7 Å². The van der Waals surface area contributed by atoms with Crippen molar-refractivity contribution in [2.75, 3.05) is 26.2 Å². The minimum Gasteiger partial charge on any atom is -0.507 e. The molecule has 30 heavy (non-hydrogen) atoms. The Labute approximate surface area is 182 Å². The van der Waals surface area contributed by atoms with Gasteiger partial charge in [0.1, 0.15) is 5.76 Å². The van der Waals surface area contributed by atoms with Crippen molar-refractivity contribution in [1.29, 1.82) is 0 Å². The number of Topliss-reactive ketones (excluding diaryl/α,β-unsaturated/α-hetero) is 1. The van der Waals surface area contributed by atoms with Gasteiger partial charge in [0.25, 0.3) is 11.7 Å². The van der Waals surface area contributed by atoms with Crippen molar-refractivity contribution in [3.8, 4) is 0 Å². The minimum atomic E-state index is -0.608. The van der Waals surface area contributed by atoms with Crippen LogP contribution in [0.4, 0.5) is 0 Å². The lowest BCUT2D eigenvalue weighted by Gasteiger charge is -2.27. The van der Waals surface area contributed by atoms with E-state index in [-0.39, 0.29) is 11.3 Å². The number of ketones is 1. The zero-order valence-corrected chi connectivity index (χ0v) is 19.2. The SMILES string of the molecule is CCN(CC)CCN1C(=O)C(=O)/C(=C(\O)c2ccc(C)c(C)c2)C1c1sccc1C. The van der Waals surface area contributed by atoms with Crippen LogP contribution < -0.4 is 0 Å². The van der Waals surface area contributed by atoms with E-state index in [1.807, 2.05) is 44.4 Å². The molecule has 0 spiro atoms. The molecule has 1 aliphatic heterocycles. The van der Waals surface area contributed by atoms with Gasteiger partial charge >= 0.3 is 0 Å². The lowest BCUT2D eigenvalue weighted by Crippen LogP contribution is -2.37. The van der Waals surface area contributed by atoms with E-state index < -0.39 is 17.7 Å². The molecule has 1 aromatic heterocycles. The number of carbonyl (C=O) groups excluding carboxylic acids is 2. The quantitative estimate of drug-likeness (QED) is 0.404. The van der Waals surface area contributed by atoms with Crippen molar-refractivity contribution >= 4 is 28.8 Å². The van der Waals surface area contributed by atoms with Crippen molar-refractivity contribution < 1.29 is 14.7 Å². The van der Waals surface area contributed by atoms with Gasteiger partial charge in [0.2, 0.25) is 0 Å². The second-order valence-corrected chi connectivity index (χ2v) is 8.73. The van der Waals surface area contributed by atoms with E-state index in [9.17, 15) is 14.7 Å². The Balaban J connectivity index is 2.10. The number of nitrogens with zero attached hydrogens (tertiary/aromatic N) is 2. The summed E-state index contributed by atoms with van der Waals surface area (Å²) >= 11 is 1.52. The fraction of sp³-hybridized carbons (Fsp3) is 0.417. The maximum atomic E-state index is 13.1. The van der Waals surface area contributed by atoms with E-state index in [0.717, 1.165) is 34.7 Å². The molecule has 1 saturated heterocycles. The van der Waals surface area contributed by atoms with Gasteiger partial charge in [0.05, 0.1) is 11.6 Å². The number of aryl methyl sites for hydroxylation is 3. The molecule has 1 aromatic carbocycles. The molecule has 1 N–H and O–H groups in total. The molecule has 0 saturated carbocycles. The second kappa shape index (κ2) is 9.14. The van der Waals surface area contributed by atoms with Crippen LogP contribution in [0.15, 0.2) is 35.2 Å². The first kappa shape index (κ1) is 22.2. The van der Waals surface area contributed by atoms with E-state index in [1.165, 1.54) is 11.3 Å². The van der Waals surface area contributed by atoms with Crippen molar-refractivity contribution in [3.05, 3.63) is 62.3 Å². The molecule has 1 unspecified atom stereocenters. The Morgan fingerprint density at radius 2 is 1.77 bits per heavy atom. The Morgan fingerprint density at radius 3 is 2.33 bits per heavy atom. The highest BCUT2D eigenvalue weighted by Gasteiger charge is 2.46. The van der Waals surface area contributed by atoms with Crippen LogP contribution >= 0.6 is 11.3 Å². The number of carbonyl (C=O) groups is 2. The molecule has 1 fully saturated rings. The first-order valence-electron chi connectivity index (χ1n) is 10.4. The van der Waals surface area contributed by atoms with Gasteiger partial charge in [-0.3, -0.25) is 9.59 Å². The zero-order valence-electron chi connectivity index (χ0n) is 18.4. The zero-order chi connectivity index (χ0) is 22.0. The van der Waals surface area contributed by atoms with Crippen LogP contribution in [0.25, 0.3) is 5.76 Å². The molecule has 5 nitrogen and oxygen atoms in total. The molecule has 2 heterocycles. The number of thiophene rings is 1. The summed E-state index contributed by atoms with van der Waals surface area (Å²) < 4.78 is 0. The molecule has 1 amide bonds.